The maximum absolute atomic E-state index is 11.2. The van der Waals surface area contributed by atoms with Crippen molar-refractivity contribution in [1.29, 1.82) is 0 Å². The lowest BCUT2D eigenvalue weighted by Crippen LogP contribution is -2.19. The summed E-state index contributed by atoms with van der Waals surface area (Å²) in [4.78, 5) is 22.5. The van der Waals surface area contributed by atoms with Crippen LogP contribution in [0.25, 0.3) is 0 Å². The molecule has 0 aromatic rings. The molecule has 0 aromatic heterocycles. The Kier molecular flexibility index (Phi) is 7.60. The third kappa shape index (κ3) is 6.43. The van der Waals surface area contributed by atoms with Crippen LogP contribution in [-0.4, -0.2) is 25.2 Å². The summed E-state index contributed by atoms with van der Waals surface area (Å²) in [5, 5.41) is 0. The fraction of sp³-hybridized carbons (Fsp3) is 0.833. The molecule has 0 heterocycles. The second-order valence-electron chi connectivity index (χ2n) is 3.97. The molecule has 0 rings (SSSR count). The molecule has 0 unspecified atom stereocenters. The minimum atomic E-state index is -0.203. The van der Waals surface area contributed by atoms with Crippen LogP contribution in [0.4, 0.5) is 0 Å². The van der Waals surface area contributed by atoms with Gasteiger partial charge in [0.15, 0.2) is 0 Å². The van der Waals surface area contributed by atoms with E-state index in [-0.39, 0.29) is 23.8 Å². The molecule has 0 aromatic carbocycles. The summed E-state index contributed by atoms with van der Waals surface area (Å²) in [5.74, 6) is -0.150. The Hall–Kier alpha value is -1.06. The third-order valence-corrected chi connectivity index (χ3v) is 2.56. The van der Waals surface area contributed by atoms with Gasteiger partial charge in [0.25, 0.3) is 0 Å². The molecular weight excluding hydrogens is 208 g/mol. The largest absolute Gasteiger partial charge is 0.466 e. The van der Waals surface area contributed by atoms with Gasteiger partial charge in [0, 0.05) is 12.8 Å². The molecule has 0 radical (unpaired) electrons. The van der Waals surface area contributed by atoms with E-state index >= 15 is 0 Å². The van der Waals surface area contributed by atoms with Crippen LogP contribution in [0, 0.1) is 11.8 Å². The number of carbonyl (C=O) groups is 2. The van der Waals surface area contributed by atoms with E-state index in [0.29, 0.717) is 26.1 Å². The first-order valence-corrected chi connectivity index (χ1v) is 5.82. The van der Waals surface area contributed by atoms with Crippen molar-refractivity contribution in [3.8, 4) is 0 Å². The van der Waals surface area contributed by atoms with Gasteiger partial charge in [-0.15, -0.1) is 0 Å². The molecule has 16 heavy (non-hydrogen) atoms. The third-order valence-electron chi connectivity index (χ3n) is 2.56. The van der Waals surface area contributed by atoms with Crippen molar-refractivity contribution in [3.63, 3.8) is 0 Å². The summed E-state index contributed by atoms with van der Waals surface area (Å²) in [6, 6.07) is 0. The lowest BCUT2D eigenvalue weighted by atomic mass is 9.90. The van der Waals surface area contributed by atoms with E-state index in [0.717, 1.165) is 0 Å². The topological polar surface area (TPSA) is 52.6 Å². The average Bonchev–Trinajstić information content (AvgIpc) is 2.17. The van der Waals surface area contributed by atoms with Gasteiger partial charge in [0.2, 0.25) is 0 Å². The fourth-order valence-electron chi connectivity index (χ4n) is 1.37. The maximum Gasteiger partial charge on any atom is 0.306 e. The Morgan fingerprint density at radius 3 is 1.44 bits per heavy atom. The van der Waals surface area contributed by atoms with E-state index in [9.17, 15) is 9.59 Å². The highest BCUT2D eigenvalue weighted by Crippen LogP contribution is 2.19. The Morgan fingerprint density at radius 2 is 1.19 bits per heavy atom. The van der Waals surface area contributed by atoms with Gasteiger partial charge in [0.1, 0.15) is 0 Å². The minimum Gasteiger partial charge on any atom is -0.466 e. The fourth-order valence-corrected chi connectivity index (χ4v) is 1.37. The molecule has 0 bridgehead atoms. The highest BCUT2D eigenvalue weighted by Gasteiger charge is 2.19. The molecule has 4 nitrogen and oxygen atoms in total. The molecule has 2 atom stereocenters. The number of carbonyl (C=O) groups excluding carboxylic acids is 2. The molecule has 0 saturated carbocycles. The lowest BCUT2D eigenvalue weighted by molar-refractivity contribution is -0.147. The van der Waals surface area contributed by atoms with Crippen LogP contribution in [0.3, 0.4) is 0 Å². The van der Waals surface area contributed by atoms with Crippen LogP contribution < -0.4 is 0 Å². The van der Waals surface area contributed by atoms with Crippen molar-refractivity contribution >= 4 is 11.9 Å². The Bertz CT molecular complexity index is 201. The monoisotopic (exact) mass is 230 g/mol. The van der Waals surface area contributed by atoms with Crippen molar-refractivity contribution in [1.82, 2.24) is 0 Å². The molecule has 0 saturated heterocycles. The van der Waals surface area contributed by atoms with E-state index in [1.807, 2.05) is 13.8 Å². The SMILES string of the molecule is CCOC(=O)C[C@@H](C)[C@@H](C)CC(=O)OCC. The zero-order valence-electron chi connectivity index (χ0n) is 10.6. The standard InChI is InChI=1S/C12H22O4/c1-5-15-11(13)7-9(3)10(4)8-12(14)16-6-2/h9-10H,5-8H2,1-4H3/t9-,10+. The molecular formula is C12H22O4. The first-order valence-electron chi connectivity index (χ1n) is 5.82. The molecule has 0 aliphatic rings. The Balaban J connectivity index is 3.93. The van der Waals surface area contributed by atoms with Gasteiger partial charge in [-0.3, -0.25) is 9.59 Å². The second-order valence-corrected chi connectivity index (χ2v) is 3.97. The maximum atomic E-state index is 11.2. The minimum absolute atomic E-state index is 0.128. The Morgan fingerprint density at radius 1 is 0.875 bits per heavy atom. The van der Waals surface area contributed by atoms with Gasteiger partial charge in [-0.2, -0.15) is 0 Å². The van der Waals surface area contributed by atoms with Crippen LogP contribution in [-0.2, 0) is 19.1 Å². The van der Waals surface area contributed by atoms with E-state index in [1.54, 1.807) is 13.8 Å². The van der Waals surface area contributed by atoms with Gasteiger partial charge in [-0.25, -0.2) is 0 Å². The van der Waals surface area contributed by atoms with Crippen molar-refractivity contribution in [2.75, 3.05) is 13.2 Å². The smallest absolute Gasteiger partial charge is 0.306 e. The average molecular weight is 230 g/mol. The number of ether oxygens (including phenoxy) is 2. The van der Waals surface area contributed by atoms with Crippen LogP contribution in [0.5, 0.6) is 0 Å². The number of rotatable bonds is 7. The van der Waals surface area contributed by atoms with Gasteiger partial charge in [-0.1, -0.05) is 13.8 Å². The van der Waals surface area contributed by atoms with Gasteiger partial charge in [0.05, 0.1) is 13.2 Å². The van der Waals surface area contributed by atoms with E-state index < -0.39 is 0 Å². The van der Waals surface area contributed by atoms with Crippen LogP contribution in [0.2, 0.25) is 0 Å². The summed E-state index contributed by atoms with van der Waals surface area (Å²) in [6.45, 7) is 8.26. The van der Waals surface area contributed by atoms with Crippen molar-refractivity contribution in [2.45, 2.75) is 40.5 Å². The van der Waals surface area contributed by atoms with Crippen LogP contribution in [0.15, 0.2) is 0 Å². The van der Waals surface area contributed by atoms with Crippen LogP contribution in [0.1, 0.15) is 40.5 Å². The normalized spacial score (nSPS) is 14.0. The molecule has 0 aliphatic carbocycles. The summed E-state index contributed by atoms with van der Waals surface area (Å²) in [6.07, 6.45) is 0.711. The van der Waals surface area contributed by atoms with Gasteiger partial charge >= 0.3 is 11.9 Å². The molecule has 0 amide bonds. The van der Waals surface area contributed by atoms with Crippen molar-refractivity contribution < 1.29 is 19.1 Å². The predicted molar refractivity (Wildman–Crippen MR) is 60.8 cm³/mol. The van der Waals surface area contributed by atoms with E-state index in [4.69, 9.17) is 9.47 Å². The zero-order valence-corrected chi connectivity index (χ0v) is 10.6. The first-order chi connectivity index (χ1) is 7.51. The number of hydrogen-bond donors (Lipinski definition) is 0. The summed E-state index contributed by atoms with van der Waals surface area (Å²) < 4.78 is 9.72. The number of hydrogen-bond acceptors (Lipinski definition) is 4. The molecule has 0 aliphatic heterocycles. The molecule has 0 spiro atoms. The van der Waals surface area contributed by atoms with Gasteiger partial charge in [-0.05, 0) is 25.7 Å². The highest BCUT2D eigenvalue weighted by molar-refractivity contribution is 5.71. The highest BCUT2D eigenvalue weighted by atomic mass is 16.5. The van der Waals surface area contributed by atoms with Crippen molar-refractivity contribution in [2.24, 2.45) is 11.8 Å². The quantitative estimate of drug-likeness (QED) is 0.629. The zero-order chi connectivity index (χ0) is 12.6. The van der Waals surface area contributed by atoms with E-state index in [2.05, 4.69) is 0 Å². The molecule has 0 N–H and O–H groups in total. The number of esters is 2. The molecule has 94 valence electrons. The van der Waals surface area contributed by atoms with E-state index in [1.165, 1.54) is 0 Å². The lowest BCUT2D eigenvalue weighted by Gasteiger charge is -2.17. The van der Waals surface area contributed by atoms with Crippen molar-refractivity contribution in [3.05, 3.63) is 0 Å². The predicted octanol–water partition coefficient (Wildman–Crippen LogP) is 2.17. The van der Waals surface area contributed by atoms with Gasteiger partial charge < -0.3 is 9.47 Å². The summed E-state index contributed by atoms with van der Waals surface area (Å²) in [5.41, 5.74) is 0. The molecule has 0 fully saturated rings. The Labute approximate surface area is 97.3 Å². The summed E-state index contributed by atoms with van der Waals surface area (Å²) in [7, 11) is 0. The first kappa shape index (κ1) is 14.9. The van der Waals surface area contributed by atoms with Crippen LogP contribution >= 0.6 is 0 Å². The second kappa shape index (κ2) is 8.13. The molecule has 4 heteroatoms. The summed E-state index contributed by atoms with van der Waals surface area (Å²) >= 11 is 0.